The van der Waals surface area contributed by atoms with Crippen LogP contribution in [0.3, 0.4) is 0 Å². The lowest BCUT2D eigenvalue weighted by molar-refractivity contribution is 0.301. The lowest BCUT2D eigenvalue weighted by Crippen LogP contribution is -2.24. The number of aromatic nitrogens is 1. The van der Waals surface area contributed by atoms with E-state index in [1.807, 2.05) is 5.38 Å². The third-order valence-corrected chi connectivity index (χ3v) is 5.80. The van der Waals surface area contributed by atoms with Gasteiger partial charge in [-0.25, -0.2) is 13.4 Å². The van der Waals surface area contributed by atoms with Crippen molar-refractivity contribution < 1.29 is 13.2 Å². The zero-order valence-corrected chi connectivity index (χ0v) is 15.7. The summed E-state index contributed by atoms with van der Waals surface area (Å²) in [5, 5.41) is 3.09. The van der Waals surface area contributed by atoms with E-state index in [2.05, 4.69) is 25.8 Å². The summed E-state index contributed by atoms with van der Waals surface area (Å²) < 4.78 is 29.9. The van der Waals surface area contributed by atoms with Crippen molar-refractivity contribution in [2.24, 2.45) is 0 Å². The molecule has 1 aromatic heterocycles. The molecular weight excluding hydrogens is 332 g/mol. The van der Waals surface area contributed by atoms with E-state index in [0.29, 0.717) is 18.0 Å². The second-order valence-electron chi connectivity index (χ2n) is 6.41. The van der Waals surface area contributed by atoms with Gasteiger partial charge < -0.3 is 4.74 Å². The van der Waals surface area contributed by atoms with Gasteiger partial charge in [0.1, 0.15) is 12.4 Å². The molecule has 23 heavy (non-hydrogen) atoms. The molecule has 2 aromatic rings. The number of rotatable bonds is 5. The number of benzene rings is 1. The van der Waals surface area contributed by atoms with Crippen LogP contribution in [0.15, 0.2) is 29.6 Å². The normalized spacial score (nSPS) is 12.2. The Bertz CT molecular complexity index is 759. The highest BCUT2D eigenvalue weighted by Crippen LogP contribution is 2.26. The van der Waals surface area contributed by atoms with Crippen LogP contribution in [0.2, 0.25) is 0 Å². The first-order valence-electron chi connectivity index (χ1n) is 7.19. The Morgan fingerprint density at radius 1 is 1.22 bits per heavy atom. The molecule has 1 aromatic carbocycles. The van der Waals surface area contributed by atoms with E-state index in [1.165, 1.54) is 17.6 Å². The number of hydrogen-bond acceptors (Lipinski definition) is 5. The van der Waals surface area contributed by atoms with Gasteiger partial charge in [-0.1, -0.05) is 20.8 Å². The summed E-state index contributed by atoms with van der Waals surface area (Å²) in [6, 6.07) is 6.96. The molecule has 0 saturated heterocycles. The summed E-state index contributed by atoms with van der Waals surface area (Å²) >= 11 is 1.64. The van der Waals surface area contributed by atoms with E-state index in [0.717, 1.165) is 10.7 Å². The van der Waals surface area contributed by atoms with Gasteiger partial charge in [0.25, 0.3) is 0 Å². The van der Waals surface area contributed by atoms with Crippen molar-refractivity contribution in [3.8, 4) is 5.75 Å². The van der Waals surface area contributed by atoms with Crippen molar-refractivity contribution in [1.82, 2.24) is 4.98 Å². The Hall–Kier alpha value is -1.60. The lowest BCUT2D eigenvalue weighted by atomic mass is 9.98. The van der Waals surface area contributed by atoms with Crippen molar-refractivity contribution in [1.29, 1.82) is 0 Å². The van der Waals surface area contributed by atoms with Crippen LogP contribution in [-0.4, -0.2) is 26.7 Å². The monoisotopic (exact) mass is 354 g/mol. The summed E-state index contributed by atoms with van der Waals surface area (Å²) in [5.41, 5.74) is 1.54. The Morgan fingerprint density at radius 3 is 2.30 bits per heavy atom. The third-order valence-electron chi connectivity index (χ3n) is 3.28. The number of thiazole rings is 1. The van der Waals surface area contributed by atoms with Gasteiger partial charge in [0, 0.05) is 17.8 Å². The quantitative estimate of drug-likeness (QED) is 0.825. The molecule has 0 bridgehead atoms. The fourth-order valence-corrected chi connectivity index (χ4v) is 3.22. The van der Waals surface area contributed by atoms with Crippen molar-refractivity contribution >= 4 is 27.0 Å². The van der Waals surface area contributed by atoms with Crippen molar-refractivity contribution in [3.05, 3.63) is 40.3 Å². The minimum Gasteiger partial charge on any atom is -0.487 e. The number of hydrogen-bond donors (Lipinski definition) is 0. The molecule has 0 aliphatic heterocycles. The molecule has 5 nitrogen and oxygen atoms in total. The summed E-state index contributed by atoms with van der Waals surface area (Å²) in [7, 11) is -1.73. The second-order valence-corrected chi connectivity index (χ2v) is 9.28. The maximum absolute atomic E-state index is 11.5. The smallest absolute Gasteiger partial charge is 0.231 e. The average molecular weight is 354 g/mol. The molecule has 7 heteroatoms. The van der Waals surface area contributed by atoms with Crippen molar-refractivity contribution in [3.63, 3.8) is 0 Å². The lowest BCUT2D eigenvalue weighted by Gasteiger charge is -2.16. The fourth-order valence-electron chi connectivity index (χ4n) is 1.82. The minimum absolute atomic E-state index is 0.0425. The minimum atomic E-state index is -3.25. The van der Waals surface area contributed by atoms with Crippen LogP contribution in [0.5, 0.6) is 5.75 Å². The first kappa shape index (κ1) is 17.7. The Balaban J connectivity index is 2.01. The molecular formula is C16H22N2O3S2. The predicted molar refractivity (Wildman–Crippen MR) is 94.8 cm³/mol. The van der Waals surface area contributed by atoms with Gasteiger partial charge in [-0.15, -0.1) is 11.3 Å². The van der Waals surface area contributed by atoms with E-state index in [1.54, 1.807) is 35.6 Å². The van der Waals surface area contributed by atoms with E-state index in [-0.39, 0.29) is 5.41 Å². The Kier molecular flexibility index (Phi) is 5.01. The largest absolute Gasteiger partial charge is 0.487 e. The predicted octanol–water partition coefficient (Wildman–Crippen LogP) is 3.42. The van der Waals surface area contributed by atoms with Crippen LogP contribution in [-0.2, 0) is 22.0 Å². The first-order chi connectivity index (χ1) is 10.6. The zero-order valence-electron chi connectivity index (χ0n) is 14.0. The molecule has 0 saturated carbocycles. The average Bonchev–Trinajstić information content (AvgIpc) is 2.93. The molecule has 126 valence electrons. The molecule has 0 aliphatic carbocycles. The Morgan fingerprint density at radius 2 is 1.83 bits per heavy atom. The highest BCUT2D eigenvalue weighted by Gasteiger charge is 2.18. The fraction of sp³-hybridized carbons (Fsp3) is 0.438. The maximum atomic E-state index is 11.5. The van der Waals surface area contributed by atoms with Gasteiger partial charge in [0.05, 0.1) is 22.6 Å². The summed E-state index contributed by atoms with van der Waals surface area (Å²) in [6.07, 6.45) is 1.17. The third kappa shape index (κ3) is 4.68. The SMILES string of the molecule is CN(c1ccc(OCc2csc(C(C)(C)C)n2)cc1)S(C)(=O)=O. The highest BCUT2D eigenvalue weighted by molar-refractivity contribution is 7.92. The molecule has 0 aliphatic rings. The van der Waals surface area contributed by atoms with Crippen molar-refractivity contribution in [2.75, 3.05) is 17.6 Å². The number of ether oxygens (including phenoxy) is 1. The van der Waals surface area contributed by atoms with Crippen LogP contribution < -0.4 is 9.04 Å². The van der Waals surface area contributed by atoms with Gasteiger partial charge in [-0.2, -0.15) is 0 Å². The van der Waals surface area contributed by atoms with Gasteiger partial charge in [-0.3, -0.25) is 4.31 Å². The van der Waals surface area contributed by atoms with Gasteiger partial charge in [-0.05, 0) is 24.3 Å². The van der Waals surface area contributed by atoms with Crippen LogP contribution in [0.4, 0.5) is 5.69 Å². The molecule has 1 heterocycles. The van der Waals surface area contributed by atoms with Crippen LogP contribution >= 0.6 is 11.3 Å². The molecule has 2 rings (SSSR count). The second kappa shape index (κ2) is 6.49. The Labute approximate surface area is 142 Å². The van der Waals surface area contributed by atoms with Crippen LogP contribution in [0, 0.1) is 0 Å². The zero-order chi connectivity index (χ0) is 17.3. The van der Waals surface area contributed by atoms with E-state index >= 15 is 0 Å². The van der Waals surface area contributed by atoms with Gasteiger partial charge >= 0.3 is 0 Å². The standard InChI is InChI=1S/C16H22N2O3S2/c1-16(2,3)15-17-12(11-22-15)10-21-14-8-6-13(7-9-14)18(4)23(5,19)20/h6-9,11H,10H2,1-5H3. The van der Waals surface area contributed by atoms with E-state index in [4.69, 9.17) is 4.74 Å². The molecule has 0 unspecified atom stereocenters. The molecule has 0 N–H and O–H groups in total. The molecule has 0 amide bonds. The molecule has 0 fully saturated rings. The van der Waals surface area contributed by atoms with Crippen LogP contribution in [0.25, 0.3) is 0 Å². The summed E-state index contributed by atoms with van der Waals surface area (Å²) in [5.74, 6) is 0.681. The molecule has 0 atom stereocenters. The molecule has 0 radical (unpaired) electrons. The summed E-state index contributed by atoms with van der Waals surface area (Å²) in [6.45, 7) is 6.79. The van der Waals surface area contributed by atoms with Gasteiger partial charge in [0.2, 0.25) is 10.0 Å². The van der Waals surface area contributed by atoms with E-state index < -0.39 is 10.0 Å². The number of sulfonamides is 1. The van der Waals surface area contributed by atoms with Gasteiger partial charge in [0.15, 0.2) is 0 Å². The number of nitrogens with zero attached hydrogens (tertiary/aromatic N) is 2. The number of anilines is 1. The first-order valence-corrected chi connectivity index (χ1v) is 9.92. The topological polar surface area (TPSA) is 59.5 Å². The molecule has 0 spiro atoms. The summed E-state index contributed by atoms with van der Waals surface area (Å²) in [4.78, 5) is 4.58. The van der Waals surface area contributed by atoms with Crippen molar-refractivity contribution in [2.45, 2.75) is 32.8 Å². The maximum Gasteiger partial charge on any atom is 0.231 e. The van der Waals surface area contributed by atoms with Crippen LogP contribution in [0.1, 0.15) is 31.5 Å². The highest BCUT2D eigenvalue weighted by atomic mass is 32.2. The van der Waals surface area contributed by atoms with E-state index in [9.17, 15) is 8.42 Å².